The number of hydrogen-bond acceptors (Lipinski definition) is 5. The highest BCUT2D eigenvalue weighted by Crippen LogP contribution is 2.61. The number of halogens is 1. The lowest BCUT2D eigenvalue weighted by Gasteiger charge is -2.62. The van der Waals surface area contributed by atoms with Crippen molar-refractivity contribution in [3.63, 3.8) is 0 Å². The van der Waals surface area contributed by atoms with Gasteiger partial charge in [-0.2, -0.15) is 0 Å². The van der Waals surface area contributed by atoms with Gasteiger partial charge in [-0.05, 0) is 51.9 Å². The number of rotatable bonds is 8. The Balaban J connectivity index is 1.93. The molecule has 5 N–H and O–H groups in total. The summed E-state index contributed by atoms with van der Waals surface area (Å²) in [7, 11) is 0. The molecule has 0 radical (unpaired) electrons. The summed E-state index contributed by atoms with van der Waals surface area (Å²) in [4.78, 5) is 34.1. The van der Waals surface area contributed by atoms with E-state index in [1.54, 1.807) is 0 Å². The molecule has 3 rings (SSSR count). The molecule has 2 amide bonds. The number of fused-ring (bicyclic) bond motifs is 2. The van der Waals surface area contributed by atoms with Crippen LogP contribution in [-0.2, 0) is 14.4 Å². The summed E-state index contributed by atoms with van der Waals surface area (Å²) in [5.74, 6) is -0.585. The van der Waals surface area contributed by atoms with Crippen molar-refractivity contribution in [2.24, 2.45) is 23.2 Å². The van der Waals surface area contributed by atoms with Gasteiger partial charge in [0.15, 0.2) is 0 Å². The van der Waals surface area contributed by atoms with Gasteiger partial charge in [0, 0.05) is 12.3 Å². The van der Waals surface area contributed by atoms with Crippen molar-refractivity contribution < 1.29 is 19.5 Å². The smallest absolute Gasteiger partial charge is 0.322 e. The Kier molecular flexibility index (Phi) is 6.67. The van der Waals surface area contributed by atoms with Gasteiger partial charge >= 0.3 is 5.97 Å². The monoisotopic (exact) mass is 442 g/mol. The molecule has 3 fully saturated rings. The lowest BCUT2D eigenvalue weighted by Crippen LogP contribution is -2.59. The molecule has 0 saturated heterocycles. The maximum atomic E-state index is 12.2. The number of carboxylic acids is 1. The van der Waals surface area contributed by atoms with E-state index in [0.29, 0.717) is 28.9 Å². The van der Waals surface area contributed by atoms with Crippen molar-refractivity contribution in [1.82, 2.24) is 16.0 Å². The van der Waals surface area contributed by atoms with Gasteiger partial charge in [0.1, 0.15) is 11.0 Å². The number of amides is 2. The zero-order valence-corrected chi connectivity index (χ0v) is 17.4. The molecule has 9 heteroatoms. The minimum Gasteiger partial charge on any atom is -0.480 e. The highest BCUT2D eigenvalue weighted by molar-refractivity contribution is 9.12. The average Bonchev–Trinajstić information content (AvgIpc) is 2.62. The molecule has 0 aliphatic heterocycles. The molecule has 2 bridgehead atoms. The van der Waals surface area contributed by atoms with E-state index in [1.165, 1.54) is 6.42 Å². The third-order valence-electron chi connectivity index (χ3n) is 6.12. The molecular formula is C18H27BrN4O4. The number of carbonyl (C=O) groups excluding carboxylic acids is 2. The molecule has 0 spiro atoms. The first-order valence-electron chi connectivity index (χ1n) is 9.01. The molecule has 0 aromatic heterocycles. The van der Waals surface area contributed by atoms with Crippen molar-refractivity contribution in [2.75, 3.05) is 13.1 Å². The molecule has 150 valence electrons. The van der Waals surface area contributed by atoms with Gasteiger partial charge in [-0.25, -0.2) is 0 Å². The molecule has 8 nitrogen and oxygen atoms in total. The number of carboxylic acid groups (broad SMARTS) is 1. The Morgan fingerprint density at radius 3 is 2.41 bits per heavy atom. The molecule has 27 heavy (non-hydrogen) atoms. The second-order valence-corrected chi connectivity index (χ2v) is 8.72. The van der Waals surface area contributed by atoms with Gasteiger partial charge in [-0.1, -0.05) is 20.8 Å². The number of nitrogens with one attached hydrogen (secondary N) is 4. The zero-order chi connectivity index (χ0) is 20.4. The van der Waals surface area contributed by atoms with E-state index in [0.717, 1.165) is 12.6 Å². The fourth-order valence-corrected chi connectivity index (χ4v) is 4.67. The van der Waals surface area contributed by atoms with E-state index < -0.39 is 24.3 Å². The lowest BCUT2D eigenvalue weighted by atomic mass is 9.45. The number of carbonyl (C=O) groups is 3. The highest BCUT2D eigenvalue weighted by Gasteiger charge is 2.56. The van der Waals surface area contributed by atoms with Crippen molar-refractivity contribution >= 4 is 39.9 Å². The summed E-state index contributed by atoms with van der Waals surface area (Å²) >= 11 is 3.21. The SMILES string of the molecule is C[C@@H]1[C@H]2C[C@@H](C[C@H]1N/C(C=N)=C(\Br)C(=O)NCC(=O)NCC(=O)O)C2(C)C. The van der Waals surface area contributed by atoms with Crippen molar-refractivity contribution in [1.29, 1.82) is 5.41 Å². The first-order chi connectivity index (χ1) is 12.6. The van der Waals surface area contributed by atoms with Crippen LogP contribution in [0.1, 0.15) is 33.6 Å². The Morgan fingerprint density at radius 2 is 1.89 bits per heavy atom. The molecule has 0 unspecified atom stereocenters. The van der Waals surface area contributed by atoms with Gasteiger partial charge in [0.05, 0.1) is 12.2 Å². The first-order valence-corrected chi connectivity index (χ1v) is 9.80. The Labute approximate surface area is 167 Å². The number of hydrogen-bond donors (Lipinski definition) is 5. The van der Waals surface area contributed by atoms with E-state index in [1.807, 2.05) is 0 Å². The third kappa shape index (κ3) is 4.69. The summed E-state index contributed by atoms with van der Waals surface area (Å²) in [6, 6.07) is 0.192. The van der Waals surface area contributed by atoms with Crippen LogP contribution in [0.25, 0.3) is 0 Å². The van der Waals surface area contributed by atoms with Gasteiger partial charge in [0.25, 0.3) is 5.91 Å². The van der Waals surface area contributed by atoms with Gasteiger partial charge in [0.2, 0.25) is 5.91 Å². The van der Waals surface area contributed by atoms with Crippen LogP contribution in [0.2, 0.25) is 0 Å². The maximum Gasteiger partial charge on any atom is 0.322 e. The largest absolute Gasteiger partial charge is 0.480 e. The van der Waals surface area contributed by atoms with Crippen LogP contribution >= 0.6 is 15.9 Å². The van der Waals surface area contributed by atoms with Crippen LogP contribution in [0.4, 0.5) is 0 Å². The summed E-state index contributed by atoms with van der Waals surface area (Å²) in [5.41, 5.74) is 0.721. The van der Waals surface area contributed by atoms with Crippen LogP contribution in [0.5, 0.6) is 0 Å². The predicted octanol–water partition coefficient (Wildman–Crippen LogP) is 1.22. The maximum absolute atomic E-state index is 12.2. The molecule has 0 heterocycles. The van der Waals surface area contributed by atoms with Gasteiger partial charge in [-0.15, -0.1) is 0 Å². The highest BCUT2D eigenvalue weighted by atomic mass is 79.9. The molecule has 4 atom stereocenters. The molecule has 3 aliphatic rings. The summed E-state index contributed by atoms with van der Waals surface area (Å²) in [6.07, 6.45) is 3.33. The molecule has 0 aromatic rings. The predicted molar refractivity (Wildman–Crippen MR) is 104 cm³/mol. The molecule has 3 aliphatic carbocycles. The lowest BCUT2D eigenvalue weighted by molar-refractivity contribution is -0.137. The van der Waals surface area contributed by atoms with Crippen molar-refractivity contribution in [3.8, 4) is 0 Å². The van der Waals surface area contributed by atoms with Crippen LogP contribution in [0, 0.1) is 28.6 Å². The third-order valence-corrected chi connectivity index (χ3v) is 6.91. The first kappa shape index (κ1) is 21.4. The van der Waals surface area contributed by atoms with Gasteiger partial charge < -0.3 is 26.5 Å². The summed E-state index contributed by atoms with van der Waals surface area (Å²) in [5, 5.41) is 24.0. The zero-order valence-electron chi connectivity index (χ0n) is 15.8. The summed E-state index contributed by atoms with van der Waals surface area (Å²) in [6.45, 7) is 5.99. The number of aliphatic carboxylic acids is 1. The van der Waals surface area contributed by atoms with Gasteiger partial charge in [-0.3, -0.25) is 14.4 Å². The topological polar surface area (TPSA) is 131 Å². The molecular weight excluding hydrogens is 416 g/mol. The standard InChI is InChI=1S/C18H27BrN4O4/c1-9-11-4-10(18(11,2)3)5-12(9)23-13(6-20)16(19)17(27)22-7-14(24)21-8-15(25)26/h6,9-12,20,23H,4-5,7-8H2,1-3H3,(H,21,24)(H,22,27)(H,25,26)/b16-13-,20-6?/t9-,10+,11-,12-/m1/s1. The minimum atomic E-state index is -1.16. The molecule has 3 saturated carbocycles. The quantitative estimate of drug-likeness (QED) is 0.284. The second kappa shape index (κ2) is 8.41. The summed E-state index contributed by atoms with van der Waals surface area (Å²) < 4.78 is 0.147. The Hall–Kier alpha value is -1.90. The van der Waals surface area contributed by atoms with E-state index in [-0.39, 0.29) is 17.1 Å². The molecule has 0 aromatic carbocycles. The van der Waals surface area contributed by atoms with Crippen LogP contribution in [0.15, 0.2) is 10.2 Å². The van der Waals surface area contributed by atoms with E-state index in [4.69, 9.17) is 10.5 Å². The fourth-order valence-electron chi connectivity index (χ4n) is 4.31. The van der Waals surface area contributed by atoms with Crippen molar-refractivity contribution in [2.45, 2.75) is 39.7 Å². The normalized spacial score (nSPS) is 28.9. The Bertz CT molecular complexity index is 676. The van der Waals surface area contributed by atoms with Crippen molar-refractivity contribution in [3.05, 3.63) is 10.2 Å². The van der Waals surface area contributed by atoms with Crippen LogP contribution in [-0.4, -0.2) is 48.2 Å². The average molecular weight is 443 g/mol. The van der Waals surface area contributed by atoms with E-state index >= 15 is 0 Å². The Morgan fingerprint density at radius 1 is 1.22 bits per heavy atom. The van der Waals surface area contributed by atoms with E-state index in [2.05, 4.69) is 52.7 Å². The fraction of sp³-hybridized carbons (Fsp3) is 0.667. The van der Waals surface area contributed by atoms with Crippen LogP contribution in [0.3, 0.4) is 0 Å². The number of allylic oxidation sites excluding steroid dienone is 1. The van der Waals surface area contributed by atoms with Crippen LogP contribution < -0.4 is 16.0 Å². The van der Waals surface area contributed by atoms with E-state index in [9.17, 15) is 14.4 Å². The second-order valence-electron chi connectivity index (χ2n) is 7.93. The minimum absolute atomic E-state index is 0.147.